The highest BCUT2D eigenvalue weighted by molar-refractivity contribution is 5.95. The normalized spacial score (nSPS) is 10.9. The van der Waals surface area contributed by atoms with Gasteiger partial charge in [0.1, 0.15) is 11.3 Å². The number of imidazole rings is 1. The van der Waals surface area contributed by atoms with Crippen molar-refractivity contribution in [3.8, 4) is 0 Å². The van der Waals surface area contributed by atoms with E-state index in [-0.39, 0.29) is 18.9 Å². The summed E-state index contributed by atoms with van der Waals surface area (Å²) in [5.74, 6) is -1.05. The Morgan fingerprint density at radius 3 is 2.65 bits per heavy atom. The molecule has 6 heteroatoms. The molecule has 2 rings (SSSR count). The molecule has 0 spiro atoms. The zero-order valence-electron chi connectivity index (χ0n) is 13.9. The van der Waals surface area contributed by atoms with Crippen molar-refractivity contribution >= 4 is 17.5 Å². The van der Waals surface area contributed by atoms with Crippen LogP contribution >= 0.6 is 0 Å². The molecule has 0 atom stereocenters. The first-order chi connectivity index (χ1) is 11.0. The van der Waals surface area contributed by atoms with Crippen molar-refractivity contribution in [2.75, 3.05) is 13.1 Å². The molecule has 0 saturated heterocycles. The van der Waals surface area contributed by atoms with Gasteiger partial charge in [-0.3, -0.25) is 14.0 Å². The van der Waals surface area contributed by atoms with E-state index >= 15 is 0 Å². The minimum Gasteiger partial charge on any atom is -0.481 e. The van der Waals surface area contributed by atoms with Gasteiger partial charge in [0.05, 0.1) is 12.1 Å². The average molecular weight is 317 g/mol. The predicted molar refractivity (Wildman–Crippen MR) is 87.8 cm³/mol. The molecular weight excluding hydrogens is 294 g/mol. The number of hydrogen-bond donors (Lipinski definition) is 1. The van der Waals surface area contributed by atoms with Crippen LogP contribution < -0.4 is 0 Å². The maximum atomic E-state index is 13.0. The maximum absolute atomic E-state index is 13.0. The molecule has 6 nitrogen and oxygen atoms in total. The molecule has 1 amide bonds. The molecule has 2 aromatic rings. The van der Waals surface area contributed by atoms with E-state index in [9.17, 15) is 9.59 Å². The number of nitrogens with zero attached hydrogens (tertiary/aromatic N) is 3. The molecule has 0 bridgehead atoms. The van der Waals surface area contributed by atoms with Crippen LogP contribution in [0.5, 0.6) is 0 Å². The second-order valence-corrected chi connectivity index (χ2v) is 5.63. The van der Waals surface area contributed by atoms with E-state index in [0.29, 0.717) is 18.7 Å². The van der Waals surface area contributed by atoms with Gasteiger partial charge in [-0.15, -0.1) is 0 Å². The summed E-state index contributed by atoms with van der Waals surface area (Å²) in [6.07, 6.45) is 3.23. The lowest BCUT2D eigenvalue weighted by molar-refractivity contribution is -0.137. The SMILES string of the molecule is CCCN(CCC(=O)O)C(=O)c1c(CC)nc2cc(C)ccn12. The van der Waals surface area contributed by atoms with Gasteiger partial charge in [-0.1, -0.05) is 13.8 Å². The van der Waals surface area contributed by atoms with Crippen molar-refractivity contribution in [3.05, 3.63) is 35.3 Å². The summed E-state index contributed by atoms with van der Waals surface area (Å²) in [6.45, 7) is 6.67. The van der Waals surface area contributed by atoms with Crippen LogP contribution in [-0.2, 0) is 11.2 Å². The number of amides is 1. The Hall–Kier alpha value is -2.37. The number of carbonyl (C=O) groups excluding carboxylic acids is 1. The molecule has 2 aromatic heterocycles. The molecule has 0 saturated carbocycles. The summed E-state index contributed by atoms with van der Waals surface area (Å²) in [7, 11) is 0. The van der Waals surface area contributed by atoms with Gasteiger partial charge in [-0.2, -0.15) is 0 Å². The monoisotopic (exact) mass is 317 g/mol. The predicted octanol–water partition coefficient (Wildman–Crippen LogP) is 2.53. The summed E-state index contributed by atoms with van der Waals surface area (Å²) in [4.78, 5) is 30.0. The van der Waals surface area contributed by atoms with Gasteiger partial charge in [-0.05, 0) is 37.5 Å². The first kappa shape index (κ1) is 17.0. The molecule has 0 fully saturated rings. The minimum absolute atomic E-state index is 0.0525. The molecule has 2 heterocycles. The van der Waals surface area contributed by atoms with E-state index in [1.54, 1.807) is 9.30 Å². The van der Waals surface area contributed by atoms with Crippen LogP contribution in [-0.4, -0.2) is 44.4 Å². The molecule has 0 aliphatic heterocycles. The number of rotatable bonds is 7. The van der Waals surface area contributed by atoms with Crippen molar-refractivity contribution in [2.24, 2.45) is 0 Å². The third kappa shape index (κ3) is 3.70. The smallest absolute Gasteiger partial charge is 0.305 e. The zero-order chi connectivity index (χ0) is 17.0. The largest absolute Gasteiger partial charge is 0.481 e. The highest BCUT2D eigenvalue weighted by Gasteiger charge is 2.23. The number of carbonyl (C=O) groups is 2. The van der Waals surface area contributed by atoms with Gasteiger partial charge in [0, 0.05) is 19.3 Å². The first-order valence-electron chi connectivity index (χ1n) is 7.96. The van der Waals surface area contributed by atoms with E-state index in [2.05, 4.69) is 4.98 Å². The van der Waals surface area contributed by atoms with Crippen LogP contribution in [0, 0.1) is 6.92 Å². The number of aliphatic carboxylic acids is 1. The summed E-state index contributed by atoms with van der Waals surface area (Å²) >= 11 is 0. The number of pyridine rings is 1. The lowest BCUT2D eigenvalue weighted by Gasteiger charge is -2.21. The van der Waals surface area contributed by atoms with Crippen LogP contribution in [0.4, 0.5) is 0 Å². The minimum atomic E-state index is -0.900. The first-order valence-corrected chi connectivity index (χ1v) is 7.96. The van der Waals surface area contributed by atoms with E-state index in [1.807, 2.05) is 39.1 Å². The number of carboxylic acid groups (broad SMARTS) is 1. The Morgan fingerprint density at radius 2 is 2.04 bits per heavy atom. The van der Waals surface area contributed by atoms with Crippen LogP contribution in [0.15, 0.2) is 18.3 Å². The Bertz CT molecular complexity index is 721. The summed E-state index contributed by atoms with van der Waals surface area (Å²) < 4.78 is 1.80. The maximum Gasteiger partial charge on any atom is 0.305 e. The van der Waals surface area contributed by atoms with Gasteiger partial charge >= 0.3 is 5.97 Å². The molecule has 0 unspecified atom stereocenters. The molecular formula is C17H23N3O3. The van der Waals surface area contributed by atoms with Gasteiger partial charge in [0.2, 0.25) is 0 Å². The van der Waals surface area contributed by atoms with Crippen LogP contribution in [0.3, 0.4) is 0 Å². The average Bonchev–Trinajstić information content (AvgIpc) is 2.87. The number of aryl methyl sites for hydroxylation is 2. The highest BCUT2D eigenvalue weighted by Crippen LogP contribution is 2.17. The second kappa shape index (κ2) is 7.26. The fourth-order valence-corrected chi connectivity index (χ4v) is 2.63. The zero-order valence-corrected chi connectivity index (χ0v) is 13.9. The van der Waals surface area contributed by atoms with Gasteiger partial charge in [0.15, 0.2) is 0 Å². The van der Waals surface area contributed by atoms with Crippen LogP contribution in [0.25, 0.3) is 5.65 Å². The van der Waals surface area contributed by atoms with Crippen LogP contribution in [0.2, 0.25) is 0 Å². The molecule has 1 N–H and O–H groups in total. The number of aromatic nitrogens is 2. The summed E-state index contributed by atoms with van der Waals surface area (Å²) in [5, 5.41) is 8.89. The van der Waals surface area contributed by atoms with Crippen molar-refractivity contribution in [1.29, 1.82) is 0 Å². The van der Waals surface area contributed by atoms with Gasteiger partial charge < -0.3 is 10.0 Å². The summed E-state index contributed by atoms with van der Waals surface area (Å²) in [6, 6.07) is 3.88. The van der Waals surface area contributed by atoms with E-state index < -0.39 is 5.97 Å². The van der Waals surface area contributed by atoms with Crippen molar-refractivity contribution in [3.63, 3.8) is 0 Å². The Labute approximate surface area is 135 Å². The quantitative estimate of drug-likeness (QED) is 0.851. The molecule has 0 radical (unpaired) electrons. The number of hydrogen-bond acceptors (Lipinski definition) is 3. The van der Waals surface area contributed by atoms with Gasteiger partial charge in [-0.25, -0.2) is 4.98 Å². The third-order valence-corrected chi connectivity index (χ3v) is 3.77. The molecule has 0 aliphatic rings. The molecule has 0 aliphatic carbocycles. The lowest BCUT2D eigenvalue weighted by Crippen LogP contribution is -2.35. The van der Waals surface area contributed by atoms with E-state index in [0.717, 1.165) is 23.3 Å². The Morgan fingerprint density at radius 1 is 1.30 bits per heavy atom. The van der Waals surface area contributed by atoms with Crippen molar-refractivity contribution in [2.45, 2.75) is 40.0 Å². The third-order valence-electron chi connectivity index (χ3n) is 3.77. The second-order valence-electron chi connectivity index (χ2n) is 5.63. The Kier molecular flexibility index (Phi) is 5.36. The fraction of sp³-hybridized carbons (Fsp3) is 0.471. The van der Waals surface area contributed by atoms with Crippen molar-refractivity contribution < 1.29 is 14.7 Å². The summed E-state index contributed by atoms with van der Waals surface area (Å²) in [5.41, 5.74) is 3.12. The fourth-order valence-electron chi connectivity index (χ4n) is 2.63. The number of carboxylic acids is 1. The van der Waals surface area contributed by atoms with Gasteiger partial charge in [0.25, 0.3) is 5.91 Å². The molecule has 23 heavy (non-hydrogen) atoms. The highest BCUT2D eigenvalue weighted by atomic mass is 16.4. The van der Waals surface area contributed by atoms with E-state index in [4.69, 9.17) is 5.11 Å². The van der Waals surface area contributed by atoms with Crippen LogP contribution in [0.1, 0.15) is 48.4 Å². The van der Waals surface area contributed by atoms with E-state index in [1.165, 1.54) is 0 Å². The van der Waals surface area contributed by atoms with Crippen molar-refractivity contribution in [1.82, 2.24) is 14.3 Å². The topological polar surface area (TPSA) is 74.9 Å². The number of fused-ring (bicyclic) bond motifs is 1. The lowest BCUT2D eigenvalue weighted by atomic mass is 10.2. The molecule has 124 valence electrons. The standard InChI is InChI=1S/C17H23N3O3/c1-4-8-19(9-7-15(21)22)17(23)16-13(5-2)18-14-11-12(3)6-10-20(14)16/h6,10-11H,4-5,7-9H2,1-3H3,(H,21,22). The Balaban J connectivity index is 2.42. The molecule has 0 aromatic carbocycles.